The van der Waals surface area contributed by atoms with Gasteiger partial charge in [-0.2, -0.15) is 0 Å². The molecule has 0 aromatic rings. The first kappa shape index (κ1) is 16.9. The number of hydrogen-bond donors (Lipinski definition) is 5. The van der Waals surface area contributed by atoms with Gasteiger partial charge in [-0.15, -0.1) is 0 Å². The van der Waals surface area contributed by atoms with E-state index in [1.54, 1.807) is 0 Å². The van der Waals surface area contributed by atoms with Crippen LogP contribution in [0.4, 0.5) is 0 Å². The quantitative estimate of drug-likeness (QED) is 0.411. The summed E-state index contributed by atoms with van der Waals surface area (Å²) >= 11 is 0. The molecule has 0 radical (unpaired) electrons. The van der Waals surface area contributed by atoms with Crippen LogP contribution in [0.3, 0.4) is 0 Å². The van der Waals surface area contributed by atoms with E-state index in [0.717, 1.165) is 52.4 Å². The molecule has 0 unspecified atom stereocenters. The molecule has 1 aliphatic rings. The summed E-state index contributed by atoms with van der Waals surface area (Å²) in [4.78, 5) is 0. The molecular weight excluding hydrogens is 238 g/mol. The minimum absolute atomic E-state index is 0.0626. The van der Waals surface area contributed by atoms with Crippen molar-refractivity contribution in [3.63, 3.8) is 0 Å². The molecule has 0 saturated carbocycles. The van der Waals surface area contributed by atoms with Crippen molar-refractivity contribution in [1.82, 2.24) is 26.6 Å². The fraction of sp³-hybridized carbons (Fsp3) is 1.00. The molecule has 0 amide bonds. The van der Waals surface area contributed by atoms with Gasteiger partial charge in [0.25, 0.3) is 0 Å². The molecule has 1 fully saturated rings. The summed E-state index contributed by atoms with van der Waals surface area (Å²) in [5.41, 5.74) is 0.125. The van der Waals surface area contributed by atoms with E-state index in [9.17, 15) is 0 Å². The maximum Gasteiger partial charge on any atom is 0.0302 e. The molecule has 0 aromatic carbocycles. The predicted molar refractivity (Wildman–Crippen MR) is 82.8 cm³/mol. The molecule has 0 spiro atoms. The van der Waals surface area contributed by atoms with Gasteiger partial charge in [-0.05, 0) is 27.7 Å². The summed E-state index contributed by atoms with van der Waals surface area (Å²) < 4.78 is 0. The summed E-state index contributed by atoms with van der Waals surface area (Å²) in [6, 6.07) is 0. The van der Waals surface area contributed by atoms with Crippen molar-refractivity contribution in [3.8, 4) is 0 Å². The molecule has 0 atom stereocenters. The van der Waals surface area contributed by atoms with Crippen molar-refractivity contribution in [3.05, 3.63) is 0 Å². The Labute approximate surface area is 118 Å². The lowest BCUT2D eigenvalue weighted by Gasteiger charge is -2.43. The van der Waals surface area contributed by atoms with Gasteiger partial charge in [-0.1, -0.05) is 0 Å². The van der Waals surface area contributed by atoms with E-state index in [2.05, 4.69) is 54.3 Å². The molecule has 1 rings (SSSR count). The Bertz CT molecular complexity index is 216. The topological polar surface area (TPSA) is 60.1 Å². The second-order valence-corrected chi connectivity index (χ2v) is 6.35. The number of hydrogen-bond acceptors (Lipinski definition) is 5. The highest BCUT2D eigenvalue weighted by molar-refractivity contribution is 4.99. The Kier molecular flexibility index (Phi) is 7.25. The van der Waals surface area contributed by atoms with Crippen molar-refractivity contribution in [2.75, 3.05) is 52.4 Å². The van der Waals surface area contributed by atoms with E-state index < -0.39 is 0 Å². The van der Waals surface area contributed by atoms with Crippen LogP contribution in [0.2, 0.25) is 0 Å². The molecule has 5 nitrogen and oxygen atoms in total. The van der Waals surface area contributed by atoms with Crippen molar-refractivity contribution >= 4 is 0 Å². The molecule has 0 bridgehead atoms. The lowest BCUT2D eigenvalue weighted by Crippen LogP contribution is -2.64. The van der Waals surface area contributed by atoms with E-state index in [1.165, 1.54) is 0 Å². The maximum atomic E-state index is 3.65. The first-order valence-corrected chi connectivity index (χ1v) is 7.58. The van der Waals surface area contributed by atoms with Crippen molar-refractivity contribution in [1.29, 1.82) is 0 Å². The highest BCUT2D eigenvalue weighted by Crippen LogP contribution is 2.20. The number of rotatable bonds is 0. The van der Waals surface area contributed by atoms with Gasteiger partial charge >= 0.3 is 0 Å². The Hall–Kier alpha value is -0.200. The first-order valence-electron chi connectivity index (χ1n) is 7.58. The van der Waals surface area contributed by atoms with Gasteiger partial charge < -0.3 is 26.6 Å². The molecule has 1 saturated heterocycles. The second kappa shape index (κ2) is 8.17. The molecular formula is C14H33N5. The SMILES string of the molecule is CC1(C)NCCNCCNCCNCCNC1(C)C. The standard InChI is InChI=1S/C14H33N5/c1-13(2)14(3,4)19-12-10-17-8-6-15-5-7-16-9-11-18-13/h15-19H,5-12H2,1-4H3. The van der Waals surface area contributed by atoms with Gasteiger partial charge in [0.05, 0.1) is 0 Å². The van der Waals surface area contributed by atoms with Gasteiger partial charge in [-0.25, -0.2) is 0 Å². The summed E-state index contributed by atoms with van der Waals surface area (Å²) in [7, 11) is 0. The molecule has 0 aliphatic carbocycles. The largest absolute Gasteiger partial charge is 0.314 e. The van der Waals surface area contributed by atoms with Crippen LogP contribution < -0.4 is 26.6 Å². The molecule has 114 valence electrons. The lowest BCUT2D eigenvalue weighted by atomic mass is 9.82. The zero-order chi connectivity index (χ0) is 14.2. The molecule has 5 N–H and O–H groups in total. The van der Waals surface area contributed by atoms with E-state index in [-0.39, 0.29) is 11.1 Å². The van der Waals surface area contributed by atoms with Crippen LogP contribution in [0.1, 0.15) is 27.7 Å². The van der Waals surface area contributed by atoms with Crippen LogP contribution in [0.25, 0.3) is 0 Å². The third-order valence-electron chi connectivity index (χ3n) is 4.26. The van der Waals surface area contributed by atoms with Crippen LogP contribution in [0, 0.1) is 0 Å². The monoisotopic (exact) mass is 271 g/mol. The Balaban J connectivity index is 2.47. The van der Waals surface area contributed by atoms with Gasteiger partial charge in [-0.3, -0.25) is 0 Å². The zero-order valence-electron chi connectivity index (χ0n) is 13.2. The van der Waals surface area contributed by atoms with E-state index >= 15 is 0 Å². The fourth-order valence-corrected chi connectivity index (χ4v) is 2.10. The number of nitrogens with one attached hydrogen (secondary N) is 5. The zero-order valence-corrected chi connectivity index (χ0v) is 13.2. The van der Waals surface area contributed by atoms with Crippen molar-refractivity contribution < 1.29 is 0 Å². The summed E-state index contributed by atoms with van der Waals surface area (Å²) in [5.74, 6) is 0. The van der Waals surface area contributed by atoms with E-state index in [4.69, 9.17) is 0 Å². The second-order valence-electron chi connectivity index (χ2n) is 6.35. The summed E-state index contributed by atoms with van der Waals surface area (Å²) in [6.07, 6.45) is 0. The van der Waals surface area contributed by atoms with Crippen LogP contribution in [0.5, 0.6) is 0 Å². The summed E-state index contributed by atoms with van der Waals surface area (Å²) in [5, 5.41) is 17.6. The summed E-state index contributed by atoms with van der Waals surface area (Å²) in [6.45, 7) is 17.2. The van der Waals surface area contributed by atoms with Gasteiger partial charge in [0.1, 0.15) is 0 Å². The van der Waals surface area contributed by atoms with Crippen LogP contribution in [-0.2, 0) is 0 Å². The molecule has 1 aliphatic heterocycles. The molecule has 1 heterocycles. The Morgan fingerprint density at radius 3 is 1.05 bits per heavy atom. The van der Waals surface area contributed by atoms with Crippen LogP contribution in [-0.4, -0.2) is 63.4 Å². The fourth-order valence-electron chi connectivity index (χ4n) is 2.10. The minimum Gasteiger partial charge on any atom is -0.314 e. The van der Waals surface area contributed by atoms with Crippen molar-refractivity contribution in [2.24, 2.45) is 0 Å². The molecule has 5 heteroatoms. The van der Waals surface area contributed by atoms with E-state index in [0.29, 0.717) is 0 Å². The Morgan fingerprint density at radius 2 is 0.737 bits per heavy atom. The first-order chi connectivity index (χ1) is 8.96. The molecule has 19 heavy (non-hydrogen) atoms. The van der Waals surface area contributed by atoms with Crippen LogP contribution >= 0.6 is 0 Å². The normalized spacial score (nSPS) is 27.2. The third kappa shape index (κ3) is 6.19. The van der Waals surface area contributed by atoms with Gasteiger partial charge in [0.2, 0.25) is 0 Å². The smallest absolute Gasteiger partial charge is 0.0302 e. The highest BCUT2D eigenvalue weighted by atomic mass is 15.1. The minimum atomic E-state index is 0.0626. The average molecular weight is 271 g/mol. The Morgan fingerprint density at radius 1 is 0.474 bits per heavy atom. The third-order valence-corrected chi connectivity index (χ3v) is 4.26. The molecule has 0 aromatic heterocycles. The highest BCUT2D eigenvalue weighted by Gasteiger charge is 2.35. The van der Waals surface area contributed by atoms with Gasteiger partial charge in [0, 0.05) is 63.4 Å². The maximum absolute atomic E-state index is 3.65. The predicted octanol–water partition coefficient (Wildman–Crippen LogP) is -0.495. The van der Waals surface area contributed by atoms with Crippen LogP contribution in [0.15, 0.2) is 0 Å². The van der Waals surface area contributed by atoms with Gasteiger partial charge in [0.15, 0.2) is 0 Å². The average Bonchev–Trinajstić information content (AvgIpc) is 2.34. The lowest BCUT2D eigenvalue weighted by molar-refractivity contribution is 0.195. The van der Waals surface area contributed by atoms with E-state index in [1.807, 2.05) is 0 Å². The van der Waals surface area contributed by atoms with Crippen molar-refractivity contribution in [2.45, 2.75) is 38.8 Å².